The van der Waals surface area contributed by atoms with E-state index in [9.17, 15) is 15.0 Å². The Labute approximate surface area is 195 Å². The number of hydrogen-bond donors (Lipinski definition) is 5. The molecule has 1 fully saturated rings. The van der Waals surface area contributed by atoms with E-state index in [2.05, 4.69) is 10.6 Å². The molecule has 0 spiro atoms. The lowest BCUT2D eigenvalue weighted by Crippen LogP contribution is -2.62. The third kappa shape index (κ3) is 4.40. The Morgan fingerprint density at radius 2 is 1.88 bits per heavy atom. The smallest absolute Gasteiger partial charge is 0.232 e. The number of fused-ring (bicyclic) bond motifs is 1. The molecule has 0 bridgehead atoms. The largest absolute Gasteiger partial charge is 0.391 e. The fourth-order valence-corrected chi connectivity index (χ4v) is 5.12. The Balaban J connectivity index is 1.51. The van der Waals surface area contributed by atoms with Crippen molar-refractivity contribution in [1.29, 1.82) is 5.41 Å². The lowest BCUT2D eigenvalue weighted by Gasteiger charge is -2.44. The lowest BCUT2D eigenvalue weighted by molar-refractivity contribution is -0.132. The molecule has 2 aromatic carbocycles. The standard InChI is InChI=1S/C26H34N4O3/c1-4-26(5-2)15-22(32)30(25(27)29-26)16(3)17-10-8-11-19(13-17)24(33)28-23-20-12-7-6-9-18(20)14-21(23)31/h6-13,16,21,23-24,28,31,33H,4-5,14-15H2,1-3H3,(H2,27,29)/t16-,21-,23?,24?/m1/s1. The molecule has 7 heteroatoms. The summed E-state index contributed by atoms with van der Waals surface area (Å²) in [5.41, 5.74) is 3.21. The molecule has 0 aromatic heterocycles. The van der Waals surface area contributed by atoms with Crippen molar-refractivity contribution in [2.75, 3.05) is 0 Å². The first-order valence-corrected chi connectivity index (χ1v) is 11.8. The van der Waals surface area contributed by atoms with Gasteiger partial charge in [0.1, 0.15) is 6.23 Å². The van der Waals surface area contributed by atoms with E-state index in [1.807, 2.05) is 69.3 Å². The van der Waals surface area contributed by atoms with Gasteiger partial charge in [0.2, 0.25) is 5.91 Å². The van der Waals surface area contributed by atoms with Crippen molar-refractivity contribution < 1.29 is 15.0 Å². The molecule has 2 unspecified atom stereocenters. The molecule has 0 radical (unpaired) electrons. The first-order chi connectivity index (χ1) is 15.8. The summed E-state index contributed by atoms with van der Waals surface area (Å²) >= 11 is 0. The van der Waals surface area contributed by atoms with E-state index in [0.717, 1.165) is 29.5 Å². The summed E-state index contributed by atoms with van der Waals surface area (Å²) in [5, 5.41) is 36.4. The van der Waals surface area contributed by atoms with Gasteiger partial charge >= 0.3 is 0 Å². The molecular weight excluding hydrogens is 416 g/mol. The van der Waals surface area contributed by atoms with Gasteiger partial charge in [-0.05, 0) is 48.1 Å². The van der Waals surface area contributed by atoms with Crippen molar-refractivity contribution in [3.05, 3.63) is 70.8 Å². The van der Waals surface area contributed by atoms with Crippen LogP contribution in [0, 0.1) is 5.41 Å². The highest BCUT2D eigenvalue weighted by Gasteiger charge is 2.41. The van der Waals surface area contributed by atoms with E-state index in [-0.39, 0.29) is 29.5 Å². The van der Waals surface area contributed by atoms with E-state index in [0.29, 0.717) is 18.4 Å². The maximum atomic E-state index is 13.0. The van der Waals surface area contributed by atoms with Crippen LogP contribution >= 0.6 is 0 Å². The SMILES string of the molecule is CCC1(CC)CC(=O)N([C@H](C)c2cccc(C(O)NC3c4ccccc4C[C@H]3O)c2)C(=N)N1. The molecular formula is C26H34N4O3. The molecule has 7 nitrogen and oxygen atoms in total. The average molecular weight is 451 g/mol. The molecule has 1 amide bonds. The molecule has 176 valence electrons. The zero-order chi connectivity index (χ0) is 23.8. The summed E-state index contributed by atoms with van der Waals surface area (Å²) in [7, 11) is 0. The zero-order valence-corrected chi connectivity index (χ0v) is 19.5. The van der Waals surface area contributed by atoms with Gasteiger partial charge in [0.05, 0.1) is 24.6 Å². The van der Waals surface area contributed by atoms with Crippen molar-refractivity contribution in [2.24, 2.45) is 0 Å². The van der Waals surface area contributed by atoms with E-state index in [1.165, 1.54) is 4.90 Å². The molecule has 4 atom stereocenters. The van der Waals surface area contributed by atoms with Crippen LogP contribution in [0.3, 0.4) is 0 Å². The van der Waals surface area contributed by atoms with E-state index < -0.39 is 12.3 Å². The van der Waals surface area contributed by atoms with Gasteiger partial charge in [-0.3, -0.25) is 20.4 Å². The van der Waals surface area contributed by atoms with Crippen LogP contribution in [-0.4, -0.2) is 38.6 Å². The lowest BCUT2D eigenvalue weighted by atomic mass is 9.86. The Kier molecular flexibility index (Phi) is 6.56. The Bertz CT molecular complexity index is 1020. The average Bonchev–Trinajstić information content (AvgIpc) is 3.13. The third-order valence-corrected chi connectivity index (χ3v) is 7.37. The molecule has 33 heavy (non-hydrogen) atoms. The summed E-state index contributed by atoms with van der Waals surface area (Å²) in [5.74, 6) is 0.0573. The Morgan fingerprint density at radius 1 is 1.18 bits per heavy atom. The van der Waals surface area contributed by atoms with E-state index >= 15 is 0 Å². The van der Waals surface area contributed by atoms with Gasteiger partial charge < -0.3 is 15.5 Å². The second-order valence-electron chi connectivity index (χ2n) is 9.26. The molecule has 2 aromatic rings. The molecule has 1 aliphatic heterocycles. The van der Waals surface area contributed by atoms with Crippen LogP contribution in [-0.2, 0) is 11.2 Å². The number of aliphatic hydroxyl groups excluding tert-OH is 2. The summed E-state index contributed by atoms with van der Waals surface area (Å²) in [4.78, 5) is 14.5. The zero-order valence-electron chi connectivity index (χ0n) is 19.5. The number of hydrogen-bond acceptors (Lipinski definition) is 5. The molecule has 2 aliphatic rings. The number of amides is 1. The van der Waals surface area contributed by atoms with Crippen LogP contribution in [0.5, 0.6) is 0 Å². The molecule has 1 saturated heterocycles. The normalized spacial score (nSPS) is 23.7. The minimum absolute atomic E-state index is 0.0651. The van der Waals surface area contributed by atoms with Crippen molar-refractivity contribution in [1.82, 2.24) is 15.5 Å². The van der Waals surface area contributed by atoms with Gasteiger partial charge in [-0.25, -0.2) is 0 Å². The number of nitrogens with one attached hydrogen (secondary N) is 3. The fraction of sp³-hybridized carbons (Fsp3) is 0.462. The quantitative estimate of drug-likeness (QED) is 0.416. The van der Waals surface area contributed by atoms with Gasteiger partial charge in [-0.15, -0.1) is 0 Å². The van der Waals surface area contributed by atoms with Gasteiger partial charge in [-0.2, -0.15) is 0 Å². The molecule has 5 N–H and O–H groups in total. The number of rotatable bonds is 7. The van der Waals surface area contributed by atoms with E-state index in [4.69, 9.17) is 5.41 Å². The second-order valence-corrected chi connectivity index (χ2v) is 9.26. The van der Waals surface area contributed by atoms with Crippen molar-refractivity contribution in [2.45, 2.75) is 76.4 Å². The summed E-state index contributed by atoms with van der Waals surface area (Å²) in [6.07, 6.45) is 0.891. The molecule has 0 saturated carbocycles. The maximum absolute atomic E-state index is 13.0. The highest BCUT2D eigenvalue weighted by molar-refractivity contribution is 5.99. The predicted octanol–water partition coefficient (Wildman–Crippen LogP) is 3.30. The van der Waals surface area contributed by atoms with Crippen molar-refractivity contribution in [3.8, 4) is 0 Å². The summed E-state index contributed by atoms with van der Waals surface area (Å²) in [6.45, 7) is 5.97. The van der Waals surface area contributed by atoms with Crippen LogP contribution < -0.4 is 10.6 Å². The maximum Gasteiger partial charge on any atom is 0.232 e. The highest BCUT2D eigenvalue weighted by atomic mass is 16.3. The minimum Gasteiger partial charge on any atom is -0.391 e. The number of nitrogens with zero attached hydrogens (tertiary/aromatic N) is 1. The first-order valence-electron chi connectivity index (χ1n) is 11.8. The molecule has 4 rings (SSSR count). The van der Waals surface area contributed by atoms with Crippen molar-refractivity contribution >= 4 is 11.9 Å². The highest BCUT2D eigenvalue weighted by Crippen LogP contribution is 2.34. The first kappa shape index (κ1) is 23.4. The third-order valence-electron chi connectivity index (χ3n) is 7.37. The van der Waals surface area contributed by atoms with Crippen LogP contribution in [0.15, 0.2) is 48.5 Å². The summed E-state index contributed by atoms with van der Waals surface area (Å²) < 4.78 is 0. The topological polar surface area (TPSA) is 109 Å². The Morgan fingerprint density at radius 3 is 2.58 bits per heavy atom. The Hall–Kier alpha value is -2.74. The van der Waals surface area contributed by atoms with Gasteiger partial charge in [0.25, 0.3) is 0 Å². The van der Waals surface area contributed by atoms with Crippen LogP contribution in [0.25, 0.3) is 0 Å². The molecule has 1 heterocycles. The summed E-state index contributed by atoms with van der Waals surface area (Å²) in [6, 6.07) is 14.6. The number of carbonyl (C=O) groups is 1. The predicted molar refractivity (Wildman–Crippen MR) is 127 cm³/mol. The molecule has 1 aliphatic carbocycles. The van der Waals surface area contributed by atoms with Gasteiger partial charge in [-0.1, -0.05) is 56.3 Å². The number of aliphatic hydroxyl groups is 2. The second kappa shape index (κ2) is 9.25. The van der Waals surface area contributed by atoms with Crippen LogP contribution in [0.2, 0.25) is 0 Å². The van der Waals surface area contributed by atoms with Gasteiger partial charge in [0.15, 0.2) is 5.96 Å². The van der Waals surface area contributed by atoms with Crippen LogP contribution in [0.1, 0.15) is 80.6 Å². The van der Waals surface area contributed by atoms with Gasteiger partial charge in [0, 0.05) is 12.0 Å². The van der Waals surface area contributed by atoms with Crippen LogP contribution in [0.4, 0.5) is 0 Å². The fourth-order valence-electron chi connectivity index (χ4n) is 5.12. The monoisotopic (exact) mass is 450 g/mol. The number of benzene rings is 2. The number of guanidine groups is 1. The van der Waals surface area contributed by atoms with Crippen molar-refractivity contribution in [3.63, 3.8) is 0 Å². The number of carbonyl (C=O) groups excluding carboxylic acids is 1. The van der Waals surface area contributed by atoms with E-state index in [1.54, 1.807) is 0 Å². The minimum atomic E-state index is -0.981.